The van der Waals surface area contributed by atoms with Crippen molar-refractivity contribution in [2.45, 2.75) is 51.9 Å². The minimum Gasteiger partial charge on any atom is -0.348 e. The predicted octanol–water partition coefficient (Wildman–Crippen LogP) is 4.52. The van der Waals surface area contributed by atoms with Gasteiger partial charge in [0.05, 0.1) is 6.33 Å². The van der Waals surface area contributed by atoms with Gasteiger partial charge in [-0.25, -0.2) is 4.98 Å². The number of aromatic nitrogens is 2. The first-order valence-corrected chi connectivity index (χ1v) is 7.09. The molecule has 2 aromatic rings. The molecule has 0 fully saturated rings. The molecule has 0 bridgehead atoms. The van der Waals surface area contributed by atoms with Gasteiger partial charge in [-0.3, -0.25) is 0 Å². The Labute approximate surface area is 127 Å². The number of nitrogens with zero attached hydrogens (tertiary/aromatic N) is 1. The molecule has 0 amide bonds. The minimum atomic E-state index is 0. The minimum absolute atomic E-state index is 0. The van der Waals surface area contributed by atoms with Gasteiger partial charge in [-0.1, -0.05) is 32.9 Å². The lowest BCUT2D eigenvalue weighted by Gasteiger charge is -2.22. The standard InChI is InChI=1S/C17H22N2.ClH/c1-11-7-12(17(2,3)4)8-15-13(11)5-6-14(15)16-9-18-10-19-16;/h7-10,14H,5-6H2,1-4H3,(H,18,19);1H. The summed E-state index contributed by atoms with van der Waals surface area (Å²) in [6.07, 6.45) is 6.15. The maximum absolute atomic E-state index is 4.18. The third-order valence-corrected chi connectivity index (χ3v) is 4.33. The van der Waals surface area contributed by atoms with Crippen LogP contribution >= 0.6 is 12.4 Å². The highest BCUT2D eigenvalue weighted by Crippen LogP contribution is 2.41. The van der Waals surface area contributed by atoms with E-state index in [0.717, 1.165) is 0 Å². The lowest BCUT2D eigenvalue weighted by molar-refractivity contribution is 0.588. The first-order valence-electron chi connectivity index (χ1n) is 7.09. The summed E-state index contributed by atoms with van der Waals surface area (Å²) in [5.74, 6) is 0.499. The molecular weight excluding hydrogens is 268 g/mol. The fourth-order valence-electron chi connectivity index (χ4n) is 3.15. The molecule has 108 valence electrons. The molecule has 1 aromatic carbocycles. The molecule has 0 aliphatic heterocycles. The van der Waals surface area contributed by atoms with Crippen LogP contribution in [0.4, 0.5) is 0 Å². The van der Waals surface area contributed by atoms with Crippen molar-refractivity contribution >= 4 is 12.4 Å². The van der Waals surface area contributed by atoms with Crippen molar-refractivity contribution in [2.24, 2.45) is 0 Å². The number of rotatable bonds is 1. The van der Waals surface area contributed by atoms with E-state index in [2.05, 4.69) is 49.8 Å². The van der Waals surface area contributed by atoms with E-state index in [9.17, 15) is 0 Å². The second-order valence-electron chi connectivity index (χ2n) is 6.71. The third kappa shape index (κ3) is 2.49. The Morgan fingerprint density at radius 1 is 1.25 bits per heavy atom. The maximum atomic E-state index is 4.18. The molecule has 0 saturated carbocycles. The quantitative estimate of drug-likeness (QED) is 0.822. The second-order valence-corrected chi connectivity index (χ2v) is 6.71. The van der Waals surface area contributed by atoms with Crippen LogP contribution in [-0.2, 0) is 11.8 Å². The van der Waals surface area contributed by atoms with Crippen LogP contribution in [0.15, 0.2) is 24.7 Å². The van der Waals surface area contributed by atoms with Crippen molar-refractivity contribution in [3.05, 3.63) is 52.6 Å². The summed E-state index contributed by atoms with van der Waals surface area (Å²) in [4.78, 5) is 7.46. The molecular formula is C17H23ClN2. The van der Waals surface area contributed by atoms with Gasteiger partial charge in [0.1, 0.15) is 0 Å². The van der Waals surface area contributed by atoms with Crippen molar-refractivity contribution in [2.75, 3.05) is 0 Å². The first-order chi connectivity index (χ1) is 8.97. The number of benzene rings is 1. The van der Waals surface area contributed by atoms with Gasteiger partial charge in [0.25, 0.3) is 0 Å². The smallest absolute Gasteiger partial charge is 0.0921 e. The number of aryl methyl sites for hydroxylation is 1. The zero-order chi connectivity index (χ0) is 13.6. The summed E-state index contributed by atoms with van der Waals surface area (Å²) in [5.41, 5.74) is 7.41. The largest absolute Gasteiger partial charge is 0.348 e. The average Bonchev–Trinajstić information content (AvgIpc) is 2.94. The van der Waals surface area contributed by atoms with Gasteiger partial charge in [-0.15, -0.1) is 12.4 Å². The summed E-state index contributed by atoms with van der Waals surface area (Å²) in [5, 5.41) is 0. The number of halogens is 1. The zero-order valence-electron chi connectivity index (χ0n) is 12.7. The Morgan fingerprint density at radius 3 is 2.60 bits per heavy atom. The Balaban J connectivity index is 0.00000147. The summed E-state index contributed by atoms with van der Waals surface area (Å²) < 4.78 is 0. The number of hydrogen-bond donors (Lipinski definition) is 1. The van der Waals surface area contributed by atoms with Crippen LogP contribution in [0.2, 0.25) is 0 Å². The Morgan fingerprint density at radius 2 is 2.00 bits per heavy atom. The monoisotopic (exact) mass is 290 g/mol. The fourth-order valence-corrected chi connectivity index (χ4v) is 3.15. The van der Waals surface area contributed by atoms with E-state index >= 15 is 0 Å². The second kappa shape index (κ2) is 5.25. The molecule has 1 aliphatic rings. The molecule has 0 radical (unpaired) electrons. The van der Waals surface area contributed by atoms with Gasteiger partial charge >= 0.3 is 0 Å². The van der Waals surface area contributed by atoms with Gasteiger partial charge in [-0.05, 0) is 47.4 Å². The van der Waals surface area contributed by atoms with Gasteiger partial charge in [0.15, 0.2) is 0 Å². The van der Waals surface area contributed by atoms with Crippen LogP contribution in [0.5, 0.6) is 0 Å². The topological polar surface area (TPSA) is 28.7 Å². The molecule has 1 aliphatic carbocycles. The highest BCUT2D eigenvalue weighted by atomic mass is 35.5. The number of fused-ring (bicyclic) bond motifs is 1. The predicted molar refractivity (Wildman–Crippen MR) is 85.9 cm³/mol. The highest BCUT2D eigenvalue weighted by molar-refractivity contribution is 5.85. The normalized spacial score (nSPS) is 17.7. The van der Waals surface area contributed by atoms with Crippen LogP contribution in [0.3, 0.4) is 0 Å². The van der Waals surface area contributed by atoms with Crippen LogP contribution in [0.25, 0.3) is 0 Å². The van der Waals surface area contributed by atoms with Crippen molar-refractivity contribution in [3.63, 3.8) is 0 Å². The van der Waals surface area contributed by atoms with E-state index in [0.29, 0.717) is 5.92 Å². The molecule has 3 rings (SSSR count). The third-order valence-electron chi connectivity index (χ3n) is 4.33. The van der Waals surface area contributed by atoms with E-state index in [1.165, 1.54) is 35.2 Å². The Bertz CT molecular complexity index is 594. The first kappa shape index (κ1) is 15.1. The fraction of sp³-hybridized carbons (Fsp3) is 0.471. The van der Waals surface area contributed by atoms with E-state index < -0.39 is 0 Å². The average molecular weight is 291 g/mol. The molecule has 0 saturated heterocycles. The number of nitrogens with one attached hydrogen (secondary N) is 1. The van der Waals surface area contributed by atoms with Crippen molar-refractivity contribution in [1.82, 2.24) is 9.97 Å². The molecule has 1 aromatic heterocycles. The molecule has 1 N–H and O–H groups in total. The summed E-state index contributed by atoms with van der Waals surface area (Å²) >= 11 is 0. The van der Waals surface area contributed by atoms with Crippen molar-refractivity contribution < 1.29 is 0 Å². The molecule has 1 atom stereocenters. The molecule has 1 heterocycles. The zero-order valence-corrected chi connectivity index (χ0v) is 13.5. The molecule has 2 nitrogen and oxygen atoms in total. The van der Waals surface area contributed by atoms with Crippen LogP contribution < -0.4 is 0 Å². The maximum Gasteiger partial charge on any atom is 0.0921 e. The SMILES string of the molecule is Cc1cc(C(C)(C)C)cc2c1CCC2c1cnc[nH]1.Cl. The molecule has 1 unspecified atom stereocenters. The Hall–Kier alpha value is -1.28. The number of hydrogen-bond acceptors (Lipinski definition) is 1. The number of aromatic amines is 1. The highest BCUT2D eigenvalue weighted by Gasteiger charge is 2.28. The summed E-state index contributed by atoms with van der Waals surface area (Å²) in [6.45, 7) is 9.11. The van der Waals surface area contributed by atoms with Gasteiger partial charge in [0, 0.05) is 17.8 Å². The van der Waals surface area contributed by atoms with Crippen LogP contribution in [-0.4, -0.2) is 9.97 Å². The van der Waals surface area contributed by atoms with E-state index in [1.807, 2.05) is 6.20 Å². The summed E-state index contributed by atoms with van der Waals surface area (Å²) in [7, 11) is 0. The van der Waals surface area contributed by atoms with Gasteiger partial charge in [0.2, 0.25) is 0 Å². The van der Waals surface area contributed by atoms with Crippen LogP contribution in [0.1, 0.15) is 61.1 Å². The lowest BCUT2D eigenvalue weighted by Crippen LogP contribution is -2.12. The number of imidazole rings is 1. The van der Waals surface area contributed by atoms with Crippen LogP contribution in [0, 0.1) is 6.92 Å². The lowest BCUT2D eigenvalue weighted by atomic mass is 9.83. The molecule has 0 spiro atoms. The van der Waals surface area contributed by atoms with E-state index in [-0.39, 0.29) is 17.8 Å². The summed E-state index contributed by atoms with van der Waals surface area (Å²) in [6, 6.07) is 4.79. The van der Waals surface area contributed by atoms with E-state index in [1.54, 1.807) is 11.9 Å². The number of H-pyrrole nitrogens is 1. The molecule has 20 heavy (non-hydrogen) atoms. The Kier molecular flexibility index (Phi) is 3.97. The van der Waals surface area contributed by atoms with Crippen molar-refractivity contribution in [3.8, 4) is 0 Å². The van der Waals surface area contributed by atoms with Crippen molar-refractivity contribution in [1.29, 1.82) is 0 Å². The van der Waals surface area contributed by atoms with Gasteiger partial charge in [-0.2, -0.15) is 0 Å². The molecule has 3 heteroatoms. The van der Waals surface area contributed by atoms with Gasteiger partial charge < -0.3 is 4.98 Å². The van der Waals surface area contributed by atoms with E-state index in [4.69, 9.17) is 0 Å².